The van der Waals surface area contributed by atoms with E-state index >= 15 is 0 Å². The van der Waals surface area contributed by atoms with Crippen molar-refractivity contribution in [3.63, 3.8) is 0 Å². The number of aryl methyl sites for hydroxylation is 4. The lowest BCUT2D eigenvalue weighted by atomic mass is 10.2. The van der Waals surface area contributed by atoms with Gasteiger partial charge in [0.15, 0.2) is 0 Å². The van der Waals surface area contributed by atoms with Crippen molar-refractivity contribution in [3.8, 4) is 79.7 Å². The minimum absolute atomic E-state index is 0. The SMILES string of the molecule is C.C.C.C.C.C.Cc1ccc(-c2ccc(-c3ccc(-c4ccc(-c5ccc(-c6ccc(C)[nH]6)[nH]5)[nH]4)[nH]3)[nH]2)[nH]1.Cc1ccc(C2=[NH+]/C(=C3\C=CC(c4ccc(-c5ccc(-c6ccc(C)[nH]6)[nH]5)[nH]4)=[NH+]3)C=C2)[nH]1. The quantitative estimate of drug-likeness (QED) is 0.0658. The zero-order valence-electron chi connectivity index (χ0n) is 35.9. The molecule has 362 valence electrons. The molecule has 0 spiro atoms. The fraction of sp³-hybridized carbons (Fsp3) is 0.172. The van der Waals surface area contributed by atoms with Gasteiger partial charge >= 0.3 is 0 Å². The largest absolute Gasteiger partial charge is 0.357 e. The first-order valence-electron chi connectivity index (χ1n) is 21.4. The number of rotatable bonds is 9. The Bertz CT molecular complexity index is 3340. The first-order valence-corrected chi connectivity index (χ1v) is 21.4. The molecule has 12 nitrogen and oxygen atoms in total. The molecule has 12 heteroatoms. The van der Waals surface area contributed by atoms with Gasteiger partial charge < -0.3 is 49.8 Å². The highest BCUT2D eigenvalue weighted by atomic mass is 14.9. The van der Waals surface area contributed by atoms with Gasteiger partial charge in [-0.15, -0.1) is 0 Å². The molecule has 2 aliphatic heterocycles. The molecule has 12 N–H and O–H groups in total. The Kier molecular flexibility index (Phi) is 16.1. The Morgan fingerprint density at radius 3 is 0.614 bits per heavy atom. The first-order chi connectivity index (χ1) is 31.2. The summed E-state index contributed by atoms with van der Waals surface area (Å²) in [5, 5.41) is 0. The molecule has 0 bridgehead atoms. The van der Waals surface area contributed by atoms with E-state index in [2.05, 4.69) is 233 Å². The second-order valence-corrected chi connectivity index (χ2v) is 16.5. The predicted octanol–water partition coefficient (Wildman–Crippen LogP) is 12.2. The number of hydrogen-bond acceptors (Lipinski definition) is 0. The van der Waals surface area contributed by atoms with Crippen LogP contribution in [0.2, 0.25) is 0 Å². The summed E-state index contributed by atoms with van der Waals surface area (Å²) in [4.78, 5) is 41.6. The number of nitrogens with one attached hydrogen (secondary N) is 12. The lowest BCUT2D eigenvalue weighted by molar-refractivity contribution is -0.434. The summed E-state index contributed by atoms with van der Waals surface area (Å²) >= 11 is 0. The van der Waals surface area contributed by atoms with E-state index in [4.69, 9.17) is 0 Å². The Hall–Kier alpha value is -8.64. The molecule has 0 saturated carbocycles. The van der Waals surface area contributed by atoms with E-state index in [0.717, 1.165) is 137 Å². The molecule has 70 heavy (non-hydrogen) atoms. The molecule has 10 aromatic rings. The van der Waals surface area contributed by atoms with E-state index in [1.54, 1.807) is 0 Å². The number of aromatic amines is 10. The van der Waals surface area contributed by atoms with E-state index in [9.17, 15) is 0 Å². The van der Waals surface area contributed by atoms with Crippen LogP contribution in [0.15, 0.2) is 157 Å². The topological polar surface area (TPSA) is 186 Å². The van der Waals surface area contributed by atoms with Crippen LogP contribution in [0.5, 0.6) is 0 Å². The Morgan fingerprint density at radius 1 is 0.214 bits per heavy atom. The van der Waals surface area contributed by atoms with E-state index < -0.39 is 0 Å². The summed E-state index contributed by atoms with van der Waals surface area (Å²) in [5.41, 5.74) is 25.9. The second-order valence-electron chi connectivity index (χ2n) is 16.5. The van der Waals surface area contributed by atoms with Gasteiger partial charge in [0.2, 0.25) is 11.4 Å². The van der Waals surface area contributed by atoms with Crippen molar-refractivity contribution in [1.29, 1.82) is 0 Å². The zero-order valence-corrected chi connectivity index (χ0v) is 35.9. The first kappa shape index (κ1) is 52.3. The highest BCUT2D eigenvalue weighted by molar-refractivity contribution is 6.06. The van der Waals surface area contributed by atoms with Gasteiger partial charge in [-0.2, -0.15) is 9.98 Å². The molecule has 10 aromatic heterocycles. The predicted molar refractivity (Wildman–Crippen MR) is 296 cm³/mol. The smallest absolute Gasteiger partial charge is 0.276 e. The van der Waals surface area contributed by atoms with Crippen molar-refractivity contribution < 1.29 is 9.98 Å². The van der Waals surface area contributed by atoms with E-state index in [1.807, 2.05) is 0 Å². The minimum Gasteiger partial charge on any atom is -0.357 e. The molecular weight excluding hydrogens is 865 g/mol. The minimum atomic E-state index is 0. The Morgan fingerprint density at radius 2 is 0.386 bits per heavy atom. The van der Waals surface area contributed by atoms with Gasteiger partial charge in [0, 0.05) is 47.1 Å². The molecular formula is C58H72N12+2. The Labute approximate surface area is 412 Å². The fourth-order valence-electron chi connectivity index (χ4n) is 8.32. The van der Waals surface area contributed by atoms with E-state index in [1.165, 1.54) is 0 Å². The van der Waals surface area contributed by atoms with Crippen molar-refractivity contribution in [2.75, 3.05) is 0 Å². The fourth-order valence-corrected chi connectivity index (χ4v) is 8.32. The molecule has 12 rings (SSSR count). The van der Waals surface area contributed by atoms with Gasteiger partial charge in [-0.25, -0.2) is 0 Å². The van der Waals surface area contributed by atoms with E-state index in [0.29, 0.717) is 0 Å². The normalized spacial score (nSPS) is 13.2. The molecule has 0 aliphatic carbocycles. The van der Waals surface area contributed by atoms with Gasteiger partial charge in [0.1, 0.15) is 11.4 Å². The molecule has 0 amide bonds. The monoisotopic (exact) mass is 937 g/mol. The second kappa shape index (κ2) is 21.5. The molecule has 0 fully saturated rings. The van der Waals surface area contributed by atoms with Crippen LogP contribution in [0, 0.1) is 27.7 Å². The Balaban J connectivity index is 0.000000240. The third-order valence-corrected chi connectivity index (χ3v) is 11.7. The van der Waals surface area contributed by atoms with Gasteiger partial charge in [-0.1, -0.05) is 44.6 Å². The number of aromatic nitrogens is 10. The highest BCUT2D eigenvalue weighted by Gasteiger charge is 2.26. The molecule has 2 aliphatic rings. The van der Waals surface area contributed by atoms with Crippen LogP contribution in [0.3, 0.4) is 0 Å². The summed E-state index contributed by atoms with van der Waals surface area (Å²) in [7, 11) is 0. The lowest BCUT2D eigenvalue weighted by Crippen LogP contribution is -2.75. The highest BCUT2D eigenvalue weighted by Crippen LogP contribution is 2.30. The molecule has 0 aromatic carbocycles. The zero-order chi connectivity index (χ0) is 43.3. The maximum absolute atomic E-state index is 3.53. The molecule has 0 unspecified atom stereocenters. The molecule has 0 radical (unpaired) electrons. The summed E-state index contributed by atoms with van der Waals surface area (Å²) in [6.45, 7) is 8.24. The van der Waals surface area contributed by atoms with Crippen molar-refractivity contribution in [2.45, 2.75) is 72.3 Å². The van der Waals surface area contributed by atoms with Crippen LogP contribution >= 0.6 is 0 Å². The maximum Gasteiger partial charge on any atom is 0.276 e. The van der Waals surface area contributed by atoms with Crippen molar-refractivity contribution in [3.05, 3.63) is 191 Å². The average molecular weight is 937 g/mol. The standard InChI is InChI=1S/C26H24N6.C26H22N6.6CH4/c2*1-15-3-5-17(27-15)19-7-9-21(29-19)23-11-13-25(31-23)26-14-12-24(32-26)22-10-8-20(30-22)18-6-4-16(2)28-18;;;;;;/h3-14,27-32H,1-2H3;3-14,27-29,31H,1-2H3;6*1H4/p+2/b;24-22+;;;;;;. The van der Waals surface area contributed by atoms with Crippen LogP contribution in [0.1, 0.15) is 78.7 Å². The maximum atomic E-state index is 3.53. The van der Waals surface area contributed by atoms with E-state index in [-0.39, 0.29) is 44.6 Å². The van der Waals surface area contributed by atoms with Crippen LogP contribution < -0.4 is 9.98 Å². The van der Waals surface area contributed by atoms with Gasteiger partial charge in [-0.3, -0.25) is 0 Å². The number of H-pyrrole nitrogens is 10. The summed E-state index contributed by atoms with van der Waals surface area (Å²) in [5.74, 6) is 0. The lowest BCUT2D eigenvalue weighted by Gasteiger charge is -1.98. The van der Waals surface area contributed by atoms with Gasteiger partial charge in [-0.05, 0) is 149 Å². The summed E-state index contributed by atoms with van der Waals surface area (Å²) < 4.78 is 0. The van der Waals surface area contributed by atoms with Crippen molar-refractivity contribution in [1.82, 2.24) is 49.8 Å². The molecule has 0 saturated heterocycles. The molecule has 12 heterocycles. The summed E-state index contributed by atoms with van der Waals surface area (Å²) in [6, 6.07) is 41.9. The number of allylic oxidation sites excluding steroid dienone is 4. The third kappa shape index (κ3) is 10.4. The molecule has 0 atom stereocenters. The van der Waals surface area contributed by atoms with Crippen LogP contribution in [0.4, 0.5) is 0 Å². The number of hydrogen-bond donors (Lipinski definition) is 12. The van der Waals surface area contributed by atoms with Crippen LogP contribution in [-0.4, -0.2) is 61.3 Å². The average Bonchev–Trinajstić information content (AvgIpc) is 4.13. The van der Waals surface area contributed by atoms with Gasteiger partial charge in [0.05, 0.1) is 79.7 Å². The third-order valence-electron chi connectivity index (χ3n) is 11.7. The van der Waals surface area contributed by atoms with Crippen molar-refractivity contribution >= 4 is 11.4 Å². The van der Waals surface area contributed by atoms with Crippen LogP contribution in [0.25, 0.3) is 79.7 Å². The summed E-state index contributed by atoms with van der Waals surface area (Å²) in [6.07, 6.45) is 8.41. The van der Waals surface area contributed by atoms with Gasteiger partial charge in [0.25, 0.3) is 11.4 Å². The van der Waals surface area contributed by atoms with Crippen LogP contribution in [-0.2, 0) is 0 Å². The van der Waals surface area contributed by atoms with Crippen molar-refractivity contribution in [2.24, 2.45) is 0 Å².